The average Bonchev–Trinajstić information content (AvgIpc) is 3.82. The van der Waals surface area contributed by atoms with E-state index >= 15 is 0 Å². The number of nitrogens with one attached hydrogen (secondary N) is 4. The van der Waals surface area contributed by atoms with E-state index in [0.29, 0.717) is 32.1 Å². The Bertz CT molecular complexity index is 2230. The van der Waals surface area contributed by atoms with Gasteiger partial charge in [-0.3, -0.25) is 9.59 Å². The first-order valence-corrected chi connectivity index (χ1v) is 19.5. The summed E-state index contributed by atoms with van der Waals surface area (Å²) in [7, 11) is -1.76. The van der Waals surface area contributed by atoms with Crippen LogP contribution in [0.4, 0.5) is 21.6 Å². The summed E-state index contributed by atoms with van der Waals surface area (Å²) in [6, 6.07) is 30.2. The molecular weight excluding hydrogens is 715 g/mol. The summed E-state index contributed by atoms with van der Waals surface area (Å²) in [5, 5.41) is 10.3. The number of aromatic nitrogens is 2. The Kier molecular flexibility index (Phi) is 13.1. The van der Waals surface area contributed by atoms with Gasteiger partial charge in [-0.2, -0.15) is 0 Å². The summed E-state index contributed by atoms with van der Waals surface area (Å²) in [4.78, 5) is 35.0. The van der Waals surface area contributed by atoms with E-state index in [1.54, 1.807) is 19.4 Å². The Morgan fingerprint density at radius 2 is 1.12 bits per heavy atom. The van der Waals surface area contributed by atoms with Gasteiger partial charge in [0.15, 0.2) is 10.3 Å². The number of sulfonamides is 1. The largest absolute Gasteiger partial charge is 0.332 e. The molecule has 52 heavy (non-hydrogen) atoms. The Labute approximate surface area is 311 Å². The molecule has 14 heteroatoms. The molecule has 0 aliphatic rings. The molecule has 0 spiro atoms. The summed E-state index contributed by atoms with van der Waals surface area (Å²) < 4.78 is 25.9. The van der Waals surface area contributed by atoms with Gasteiger partial charge in [0.1, 0.15) is 5.88 Å². The van der Waals surface area contributed by atoms with Crippen molar-refractivity contribution in [2.75, 3.05) is 23.6 Å². The molecule has 4 aromatic carbocycles. The number of nitrogens with zero attached hydrogens (tertiary/aromatic N) is 2. The minimum atomic E-state index is -3.34. The molecular formula is C38H39N7O4S3. The third kappa shape index (κ3) is 10.5. The molecule has 0 saturated carbocycles. The number of anilines is 4. The molecule has 6 aromatic rings. The van der Waals surface area contributed by atoms with Crippen LogP contribution in [0.2, 0.25) is 0 Å². The predicted molar refractivity (Wildman–Crippen MR) is 210 cm³/mol. The lowest BCUT2D eigenvalue weighted by Gasteiger charge is -2.07. The number of thiazole rings is 2. The Morgan fingerprint density at radius 3 is 1.54 bits per heavy atom. The van der Waals surface area contributed by atoms with E-state index in [-0.39, 0.29) is 24.0 Å². The van der Waals surface area contributed by atoms with Gasteiger partial charge in [-0.15, -0.1) is 0 Å². The molecule has 0 atom stereocenters. The molecule has 0 amide bonds. The van der Waals surface area contributed by atoms with E-state index in [0.717, 1.165) is 39.2 Å². The van der Waals surface area contributed by atoms with Crippen LogP contribution in [0.1, 0.15) is 52.7 Å². The van der Waals surface area contributed by atoms with Crippen molar-refractivity contribution in [3.05, 3.63) is 153 Å². The zero-order valence-electron chi connectivity index (χ0n) is 28.8. The van der Waals surface area contributed by atoms with Gasteiger partial charge in [-0.05, 0) is 67.4 Å². The van der Waals surface area contributed by atoms with Crippen LogP contribution in [0.25, 0.3) is 0 Å². The van der Waals surface area contributed by atoms with Crippen LogP contribution < -0.4 is 26.4 Å². The molecule has 268 valence electrons. The third-order valence-electron chi connectivity index (χ3n) is 7.72. The van der Waals surface area contributed by atoms with E-state index in [4.69, 9.17) is 5.73 Å². The molecule has 2 heterocycles. The molecule has 6 N–H and O–H groups in total. The molecule has 2 aromatic heterocycles. The lowest BCUT2D eigenvalue weighted by atomic mass is 10.0. The fourth-order valence-corrected chi connectivity index (χ4v) is 7.36. The SMILES string of the molecule is CNCS(=O)(=O)NCc1ccc(Nc2ncc(C(=O)c3ccccc3C)s2)cc1.Cc1ccccc1C(=O)c1cnc(Nc2ccc(CN)cc2)s1. The second-order valence-electron chi connectivity index (χ2n) is 11.6. The topological polar surface area (TPSA) is 168 Å². The minimum absolute atomic E-state index is 0.00660. The quantitative estimate of drug-likeness (QED) is 0.0738. The number of hydrogen-bond acceptors (Lipinski definition) is 12. The van der Waals surface area contributed by atoms with Gasteiger partial charge >= 0.3 is 0 Å². The zero-order chi connectivity index (χ0) is 37.1. The molecule has 0 radical (unpaired) electrons. The van der Waals surface area contributed by atoms with E-state index in [2.05, 4.69) is 30.6 Å². The number of hydrogen-bond donors (Lipinski definition) is 5. The molecule has 0 aliphatic carbocycles. The van der Waals surface area contributed by atoms with Crippen LogP contribution in [-0.4, -0.2) is 42.9 Å². The summed E-state index contributed by atoms with van der Waals surface area (Å²) in [6.07, 6.45) is 3.20. The lowest BCUT2D eigenvalue weighted by Crippen LogP contribution is -2.31. The fraction of sp³-hybridized carbons (Fsp3) is 0.158. The van der Waals surface area contributed by atoms with Gasteiger partial charge in [0.05, 0.1) is 22.1 Å². The Hall–Kier alpha value is -5.09. The second kappa shape index (κ2) is 17.9. The van der Waals surface area contributed by atoms with Crippen molar-refractivity contribution in [2.45, 2.75) is 26.9 Å². The maximum absolute atomic E-state index is 12.7. The van der Waals surface area contributed by atoms with E-state index in [1.807, 2.05) is 111 Å². The number of carbonyl (C=O) groups is 2. The van der Waals surface area contributed by atoms with E-state index in [9.17, 15) is 18.0 Å². The number of aryl methyl sites for hydroxylation is 2. The van der Waals surface area contributed by atoms with Crippen molar-refractivity contribution >= 4 is 65.9 Å². The average molecular weight is 754 g/mol. The summed E-state index contributed by atoms with van der Waals surface area (Å²) in [6.45, 7) is 4.59. The van der Waals surface area contributed by atoms with Crippen molar-refractivity contribution in [1.29, 1.82) is 0 Å². The van der Waals surface area contributed by atoms with Crippen LogP contribution in [-0.2, 0) is 23.1 Å². The highest BCUT2D eigenvalue weighted by atomic mass is 32.2. The minimum Gasteiger partial charge on any atom is -0.332 e. The van der Waals surface area contributed by atoms with Gasteiger partial charge in [-0.1, -0.05) is 95.5 Å². The molecule has 11 nitrogen and oxygen atoms in total. The van der Waals surface area contributed by atoms with E-state index in [1.165, 1.54) is 22.7 Å². The molecule has 0 fully saturated rings. The summed E-state index contributed by atoms with van der Waals surface area (Å²) in [5.74, 6) is -0.162. The van der Waals surface area contributed by atoms with Crippen molar-refractivity contribution < 1.29 is 18.0 Å². The maximum Gasteiger partial charge on any atom is 0.224 e. The normalized spacial score (nSPS) is 11.0. The van der Waals surface area contributed by atoms with Crippen LogP contribution in [0.3, 0.4) is 0 Å². The standard InChI is InChI=1S/C20H22N4O3S2.C18H17N3OS/c1-14-5-3-4-6-17(14)19(25)18-12-22-20(28-18)24-16-9-7-15(8-10-16)11-23-29(26,27)13-21-2;1-12-4-2-3-5-15(12)17(22)16-11-20-18(23-16)21-14-8-6-13(10-19)7-9-14/h3-10,12,21,23H,11,13H2,1-2H3,(H,22,24);2-9,11H,10,19H2,1H3,(H,20,21). The van der Waals surface area contributed by atoms with Crippen LogP contribution in [0.15, 0.2) is 109 Å². The van der Waals surface area contributed by atoms with Gasteiger partial charge in [0.25, 0.3) is 0 Å². The molecule has 0 aliphatic heterocycles. The third-order valence-corrected chi connectivity index (χ3v) is 10.8. The predicted octanol–water partition coefficient (Wildman–Crippen LogP) is 6.91. The van der Waals surface area contributed by atoms with Gasteiger partial charge in [0, 0.05) is 35.6 Å². The number of rotatable bonds is 14. The van der Waals surface area contributed by atoms with Crippen molar-refractivity contribution in [2.24, 2.45) is 5.73 Å². The number of carbonyl (C=O) groups excluding carboxylic acids is 2. The summed E-state index contributed by atoms with van der Waals surface area (Å²) in [5.41, 5.74) is 12.5. The van der Waals surface area contributed by atoms with Gasteiger partial charge in [0.2, 0.25) is 21.6 Å². The fourth-order valence-electron chi connectivity index (χ4n) is 4.91. The van der Waals surface area contributed by atoms with Crippen molar-refractivity contribution in [1.82, 2.24) is 20.0 Å². The molecule has 0 unspecified atom stereocenters. The Morgan fingerprint density at radius 1 is 0.673 bits per heavy atom. The summed E-state index contributed by atoms with van der Waals surface area (Å²) >= 11 is 2.65. The maximum atomic E-state index is 12.7. The van der Waals surface area contributed by atoms with Crippen molar-refractivity contribution in [3.8, 4) is 0 Å². The highest BCUT2D eigenvalue weighted by Crippen LogP contribution is 2.27. The monoisotopic (exact) mass is 753 g/mol. The first-order valence-electron chi connectivity index (χ1n) is 16.2. The Balaban J connectivity index is 0.000000206. The number of benzene rings is 4. The van der Waals surface area contributed by atoms with Crippen LogP contribution in [0, 0.1) is 13.8 Å². The molecule has 6 rings (SSSR count). The van der Waals surface area contributed by atoms with Crippen molar-refractivity contribution in [3.63, 3.8) is 0 Å². The first kappa shape index (κ1) is 38.1. The van der Waals surface area contributed by atoms with Gasteiger partial charge in [-0.25, -0.2) is 23.1 Å². The molecule has 0 bridgehead atoms. The molecule has 0 saturated heterocycles. The van der Waals surface area contributed by atoms with Crippen LogP contribution >= 0.6 is 22.7 Å². The van der Waals surface area contributed by atoms with E-state index < -0.39 is 10.0 Å². The first-order chi connectivity index (χ1) is 25.0. The van der Waals surface area contributed by atoms with Gasteiger partial charge < -0.3 is 21.7 Å². The second-order valence-corrected chi connectivity index (χ2v) is 15.5. The number of nitrogens with two attached hydrogens (primary N) is 1. The highest BCUT2D eigenvalue weighted by molar-refractivity contribution is 7.89. The zero-order valence-corrected chi connectivity index (χ0v) is 31.3. The lowest BCUT2D eigenvalue weighted by molar-refractivity contribution is 0.103. The highest BCUT2D eigenvalue weighted by Gasteiger charge is 2.16. The smallest absolute Gasteiger partial charge is 0.224 e. The number of ketones is 2. The van der Waals surface area contributed by atoms with Crippen LogP contribution in [0.5, 0.6) is 0 Å².